The highest BCUT2D eigenvalue weighted by molar-refractivity contribution is 5.94. The highest BCUT2D eigenvalue weighted by atomic mass is 16.5. The Hall–Kier alpha value is -3.75. The molecule has 1 aromatic carbocycles. The number of carbonyl (C=O) groups is 2. The van der Waals surface area contributed by atoms with Crippen molar-refractivity contribution in [1.29, 1.82) is 0 Å². The fraction of sp³-hybridized carbons (Fsp3) is 0.318. The fourth-order valence-corrected chi connectivity index (χ4v) is 3.61. The molecule has 9 nitrogen and oxygen atoms in total. The molecule has 1 aliphatic heterocycles. The van der Waals surface area contributed by atoms with Crippen LogP contribution in [0.5, 0.6) is 0 Å². The lowest BCUT2D eigenvalue weighted by Crippen LogP contribution is -2.44. The van der Waals surface area contributed by atoms with E-state index in [-0.39, 0.29) is 18.5 Å². The summed E-state index contributed by atoms with van der Waals surface area (Å²) < 4.78 is 5.40. The lowest BCUT2D eigenvalue weighted by atomic mass is 10.1. The van der Waals surface area contributed by atoms with Gasteiger partial charge in [0.25, 0.3) is 11.8 Å². The van der Waals surface area contributed by atoms with Gasteiger partial charge in [0.1, 0.15) is 6.04 Å². The van der Waals surface area contributed by atoms with E-state index in [1.807, 2.05) is 30.3 Å². The third kappa shape index (κ3) is 4.88. The van der Waals surface area contributed by atoms with E-state index in [2.05, 4.69) is 20.4 Å². The summed E-state index contributed by atoms with van der Waals surface area (Å²) in [6.45, 7) is 3.39. The second-order valence-corrected chi connectivity index (χ2v) is 7.38. The van der Waals surface area contributed by atoms with Crippen molar-refractivity contribution < 1.29 is 14.1 Å². The number of aromatic nitrogens is 3. The molecular weight excluding hydrogens is 396 g/mol. The van der Waals surface area contributed by atoms with Gasteiger partial charge in [0, 0.05) is 32.0 Å². The van der Waals surface area contributed by atoms with Crippen molar-refractivity contribution in [1.82, 2.24) is 30.2 Å². The van der Waals surface area contributed by atoms with Gasteiger partial charge in [0.2, 0.25) is 0 Å². The molecule has 1 unspecified atom stereocenters. The predicted molar refractivity (Wildman–Crippen MR) is 112 cm³/mol. The molecule has 3 amide bonds. The van der Waals surface area contributed by atoms with Crippen LogP contribution in [0.3, 0.4) is 0 Å². The number of carbonyl (C=O) groups excluding carboxylic acids is 2. The van der Waals surface area contributed by atoms with Gasteiger partial charge >= 0.3 is 6.03 Å². The number of hydrogen-bond donors (Lipinski definition) is 1. The summed E-state index contributed by atoms with van der Waals surface area (Å²) in [6, 6.07) is 12.4. The van der Waals surface area contributed by atoms with E-state index < -0.39 is 6.04 Å². The molecule has 31 heavy (non-hydrogen) atoms. The van der Waals surface area contributed by atoms with Crippen LogP contribution in [0.1, 0.15) is 40.1 Å². The number of nitrogens with zero attached hydrogens (tertiary/aromatic N) is 5. The molecule has 1 saturated heterocycles. The van der Waals surface area contributed by atoms with Gasteiger partial charge in [-0.3, -0.25) is 9.78 Å². The first-order valence-corrected chi connectivity index (χ1v) is 10.2. The molecule has 2 aromatic heterocycles. The number of nitrogens with one attached hydrogen (secondary N) is 1. The van der Waals surface area contributed by atoms with Crippen LogP contribution in [0.25, 0.3) is 0 Å². The van der Waals surface area contributed by atoms with Gasteiger partial charge in [-0.1, -0.05) is 35.5 Å². The quantitative estimate of drug-likeness (QED) is 0.696. The van der Waals surface area contributed by atoms with Crippen LogP contribution >= 0.6 is 0 Å². The van der Waals surface area contributed by atoms with Crippen molar-refractivity contribution in [3.63, 3.8) is 0 Å². The Labute approximate surface area is 180 Å². The van der Waals surface area contributed by atoms with Crippen molar-refractivity contribution in [3.8, 4) is 0 Å². The Morgan fingerprint density at radius 3 is 2.71 bits per heavy atom. The summed E-state index contributed by atoms with van der Waals surface area (Å²) in [7, 11) is 0. The Bertz CT molecular complexity index is 1020. The highest BCUT2D eigenvalue weighted by Gasteiger charge is 2.35. The molecule has 9 heteroatoms. The van der Waals surface area contributed by atoms with E-state index in [4.69, 9.17) is 4.52 Å². The first-order chi connectivity index (χ1) is 15.1. The Balaban J connectivity index is 1.53. The summed E-state index contributed by atoms with van der Waals surface area (Å²) in [4.78, 5) is 37.9. The molecule has 0 saturated carbocycles. The lowest BCUT2D eigenvalue weighted by molar-refractivity contribution is 0.0639. The van der Waals surface area contributed by atoms with Gasteiger partial charge in [0.05, 0.1) is 12.1 Å². The summed E-state index contributed by atoms with van der Waals surface area (Å²) in [5, 5.41) is 6.84. The van der Waals surface area contributed by atoms with Gasteiger partial charge in [-0.2, -0.15) is 4.98 Å². The molecule has 1 N–H and O–H groups in total. The van der Waals surface area contributed by atoms with Gasteiger partial charge in [-0.25, -0.2) is 4.79 Å². The normalized spacial score (nSPS) is 16.6. The summed E-state index contributed by atoms with van der Waals surface area (Å²) in [5.74, 6) is 0.617. The minimum atomic E-state index is -0.543. The Kier molecular flexibility index (Phi) is 6.21. The van der Waals surface area contributed by atoms with Crippen LogP contribution in [0.4, 0.5) is 4.79 Å². The zero-order valence-electron chi connectivity index (χ0n) is 17.3. The van der Waals surface area contributed by atoms with E-state index in [0.29, 0.717) is 43.3 Å². The van der Waals surface area contributed by atoms with Crippen LogP contribution in [0.15, 0.2) is 59.4 Å². The van der Waals surface area contributed by atoms with Gasteiger partial charge < -0.3 is 19.6 Å². The molecule has 0 spiro atoms. The number of pyridine rings is 1. The van der Waals surface area contributed by atoms with Crippen LogP contribution in [-0.4, -0.2) is 56.5 Å². The zero-order chi connectivity index (χ0) is 21.6. The third-order valence-electron chi connectivity index (χ3n) is 5.17. The van der Waals surface area contributed by atoms with Crippen molar-refractivity contribution in [2.45, 2.75) is 25.9 Å². The van der Waals surface area contributed by atoms with E-state index in [1.165, 1.54) is 6.20 Å². The minimum absolute atomic E-state index is 0.180. The average Bonchev–Trinajstić information content (AvgIpc) is 3.12. The molecule has 1 atom stereocenters. The summed E-state index contributed by atoms with van der Waals surface area (Å²) in [5.41, 5.74) is 1.49. The monoisotopic (exact) mass is 420 g/mol. The van der Waals surface area contributed by atoms with E-state index in [0.717, 1.165) is 5.56 Å². The first kappa shape index (κ1) is 20.5. The molecule has 4 rings (SSSR count). The van der Waals surface area contributed by atoms with Crippen molar-refractivity contribution in [2.24, 2.45) is 0 Å². The average molecular weight is 420 g/mol. The second kappa shape index (κ2) is 9.38. The maximum atomic E-state index is 13.2. The van der Waals surface area contributed by atoms with E-state index in [9.17, 15) is 9.59 Å². The largest absolute Gasteiger partial charge is 0.337 e. The number of amides is 3. The number of rotatable bonds is 4. The lowest BCUT2D eigenvalue weighted by Gasteiger charge is -2.29. The number of urea groups is 1. The van der Waals surface area contributed by atoms with E-state index >= 15 is 0 Å². The first-order valence-electron chi connectivity index (χ1n) is 10.2. The second-order valence-electron chi connectivity index (χ2n) is 7.38. The van der Waals surface area contributed by atoms with E-state index in [1.54, 1.807) is 35.1 Å². The maximum absolute atomic E-state index is 13.2. The molecule has 0 radical (unpaired) electrons. The Morgan fingerprint density at radius 2 is 2.00 bits per heavy atom. The fourth-order valence-electron chi connectivity index (χ4n) is 3.61. The topological polar surface area (TPSA) is 104 Å². The van der Waals surface area contributed by atoms with Gasteiger partial charge in [-0.05, 0) is 31.0 Å². The predicted octanol–water partition coefficient (Wildman–Crippen LogP) is 2.57. The zero-order valence-corrected chi connectivity index (χ0v) is 17.3. The van der Waals surface area contributed by atoms with Crippen LogP contribution in [-0.2, 0) is 6.54 Å². The van der Waals surface area contributed by atoms with Crippen molar-refractivity contribution in [3.05, 3.63) is 77.7 Å². The summed E-state index contributed by atoms with van der Waals surface area (Å²) in [6.07, 6.45) is 3.79. The molecular formula is C22H24N6O3. The van der Waals surface area contributed by atoms with Gasteiger partial charge in [-0.15, -0.1) is 0 Å². The third-order valence-corrected chi connectivity index (χ3v) is 5.17. The molecule has 0 bridgehead atoms. The maximum Gasteiger partial charge on any atom is 0.317 e. The Morgan fingerprint density at radius 1 is 1.16 bits per heavy atom. The highest BCUT2D eigenvalue weighted by Crippen LogP contribution is 2.26. The molecule has 3 heterocycles. The SMILES string of the molecule is Cc1noc(C2CN(C(=O)NCc3ccccc3)CCCN2C(=O)c2cccnc2)n1. The molecule has 3 aromatic rings. The molecule has 160 valence electrons. The van der Waals surface area contributed by atoms with Gasteiger partial charge in [0.15, 0.2) is 5.82 Å². The van der Waals surface area contributed by atoms with Crippen molar-refractivity contribution >= 4 is 11.9 Å². The minimum Gasteiger partial charge on any atom is -0.337 e. The number of aryl methyl sites for hydroxylation is 1. The van der Waals surface area contributed by atoms with Crippen LogP contribution in [0, 0.1) is 6.92 Å². The molecule has 1 aliphatic rings. The summed E-state index contributed by atoms with van der Waals surface area (Å²) >= 11 is 0. The van der Waals surface area contributed by atoms with Crippen molar-refractivity contribution in [2.75, 3.05) is 19.6 Å². The standard InChI is InChI=1S/C22H24N6O3/c1-16-25-20(31-26-16)19-15-27(22(30)24-13-17-7-3-2-4-8-17)11-6-12-28(19)21(29)18-9-5-10-23-14-18/h2-5,7-10,14,19H,6,11-13,15H2,1H3,(H,24,30). The van der Waals surface area contributed by atoms with Crippen LogP contribution < -0.4 is 5.32 Å². The number of hydrogen-bond acceptors (Lipinski definition) is 6. The molecule has 1 fully saturated rings. The number of benzene rings is 1. The smallest absolute Gasteiger partial charge is 0.317 e. The van der Waals surface area contributed by atoms with Crippen LogP contribution in [0.2, 0.25) is 0 Å². The molecule has 0 aliphatic carbocycles.